The van der Waals surface area contributed by atoms with Crippen LogP contribution < -0.4 is 9.47 Å². The second kappa shape index (κ2) is 9.91. The number of sulfonamides is 1. The number of rotatable bonds is 3. The summed E-state index contributed by atoms with van der Waals surface area (Å²) in [5, 5.41) is 0. The van der Waals surface area contributed by atoms with Gasteiger partial charge in [-0.25, -0.2) is 17.8 Å². The number of fused-ring (bicyclic) bond motifs is 2. The summed E-state index contributed by atoms with van der Waals surface area (Å²) < 4.78 is 93.0. The standard InChI is InChI=1S/C26H23F4N3O4S/c1-36-19-7-9-23-21(16-19)25(31-22-14-17(26(28,29)30)6-8-24(22)37-23)32-10-3-11-33(13-12-32)38(34,35)20-5-2-4-18(27)15-20/h2,4-9,14-16H,3,10-13H2,1H3. The van der Waals surface area contributed by atoms with Gasteiger partial charge in [-0.1, -0.05) is 6.07 Å². The summed E-state index contributed by atoms with van der Waals surface area (Å²) in [4.78, 5) is 6.27. The number of ether oxygens (including phenoxy) is 2. The number of nitrogens with zero attached hydrogens (tertiary/aromatic N) is 3. The molecule has 0 amide bonds. The number of amidine groups is 1. The molecule has 12 heteroatoms. The Kier molecular flexibility index (Phi) is 6.78. The smallest absolute Gasteiger partial charge is 0.416 e. The van der Waals surface area contributed by atoms with Gasteiger partial charge in [-0.05, 0) is 61.0 Å². The first-order chi connectivity index (χ1) is 18.1. The highest BCUT2D eigenvalue weighted by atomic mass is 32.2. The molecule has 0 bridgehead atoms. The van der Waals surface area contributed by atoms with Crippen LogP contribution in [-0.2, 0) is 16.2 Å². The van der Waals surface area contributed by atoms with Gasteiger partial charge < -0.3 is 14.4 Å². The van der Waals surface area contributed by atoms with Crippen LogP contribution in [-0.4, -0.2) is 56.7 Å². The number of halogens is 4. The lowest BCUT2D eigenvalue weighted by Gasteiger charge is -2.25. The number of aliphatic imine (C=N–C) groups is 1. The van der Waals surface area contributed by atoms with Crippen LogP contribution in [0.5, 0.6) is 17.2 Å². The van der Waals surface area contributed by atoms with Gasteiger partial charge >= 0.3 is 6.18 Å². The van der Waals surface area contributed by atoms with Crippen molar-refractivity contribution in [3.8, 4) is 17.2 Å². The van der Waals surface area contributed by atoms with E-state index in [9.17, 15) is 26.0 Å². The fourth-order valence-electron chi connectivity index (χ4n) is 4.42. The summed E-state index contributed by atoms with van der Waals surface area (Å²) in [6, 6.07) is 12.9. The van der Waals surface area contributed by atoms with Crippen molar-refractivity contribution in [2.24, 2.45) is 4.99 Å². The minimum Gasteiger partial charge on any atom is -0.497 e. The zero-order chi connectivity index (χ0) is 27.1. The van der Waals surface area contributed by atoms with Crippen molar-refractivity contribution in [3.63, 3.8) is 0 Å². The maximum Gasteiger partial charge on any atom is 0.416 e. The van der Waals surface area contributed by atoms with Crippen LogP contribution in [0.25, 0.3) is 0 Å². The number of methoxy groups -OCH3 is 1. The van der Waals surface area contributed by atoms with E-state index < -0.39 is 27.6 Å². The number of hydrogen-bond acceptors (Lipinski definition) is 6. The molecule has 0 aromatic heterocycles. The first kappa shape index (κ1) is 26.0. The Labute approximate surface area is 217 Å². The highest BCUT2D eigenvalue weighted by molar-refractivity contribution is 7.89. The minimum absolute atomic E-state index is 0.00141. The average Bonchev–Trinajstić information content (AvgIpc) is 3.22. The van der Waals surface area contributed by atoms with Gasteiger partial charge in [0, 0.05) is 26.2 Å². The Balaban J connectivity index is 1.53. The van der Waals surface area contributed by atoms with Gasteiger partial charge in [-0.3, -0.25) is 0 Å². The second-order valence-corrected chi connectivity index (χ2v) is 10.7. The Morgan fingerprint density at radius 1 is 0.947 bits per heavy atom. The quantitative estimate of drug-likeness (QED) is 0.408. The van der Waals surface area contributed by atoms with E-state index in [1.54, 1.807) is 18.2 Å². The van der Waals surface area contributed by atoms with Gasteiger partial charge in [0.05, 0.1) is 23.1 Å². The summed E-state index contributed by atoms with van der Waals surface area (Å²) >= 11 is 0. The molecule has 0 radical (unpaired) electrons. The van der Waals surface area contributed by atoms with Crippen molar-refractivity contribution in [2.45, 2.75) is 17.5 Å². The van der Waals surface area contributed by atoms with Crippen molar-refractivity contribution in [1.29, 1.82) is 0 Å². The van der Waals surface area contributed by atoms with Crippen LogP contribution >= 0.6 is 0 Å². The molecule has 3 aromatic rings. The highest BCUT2D eigenvalue weighted by Crippen LogP contribution is 2.42. The third kappa shape index (κ3) is 5.05. The molecule has 200 valence electrons. The minimum atomic E-state index is -4.57. The lowest BCUT2D eigenvalue weighted by molar-refractivity contribution is -0.137. The molecule has 7 nitrogen and oxygen atoms in total. The second-order valence-electron chi connectivity index (χ2n) is 8.78. The van der Waals surface area contributed by atoms with Gasteiger partial charge in [0.2, 0.25) is 10.0 Å². The first-order valence-electron chi connectivity index (χ1n) is 11.7. The summed E-state index contributed by atoms with van der Waals surface area (Å²) in [5.41, 5.74) is -0.372. The topological polar surface area (TPSA) is 71.4 Å². The summed E-state index contributed by atoms with van der Waals surface area (Å²) in [7, 11) is -2.47. The van der Waals surface area contributed by atoms with Gasteiger partial charge in [-0.2, -0.15) is 17.5 Å². The molecule has 1 saturated heterocycles. The molecular formula is C26H23F4N3O4S. The lowest BCUT2D eigenvalue weighted by atomic mass is 10.1. The zero-order valence-corrected chi connectivity index (χ0v) is 21.0. The Hall–Kier alpha value is -3.64. The van der Waals surface area contributed by atoms with Crippen LogP contribution in [0.15, 0.2) is 70.6 Å². The SMILES string of the molecule is COc1ccc2c(c1)C(N1CCCN(S(=O)(=O)c3cccc(F)c3)CC1)=Nc1cc(C(F)(F)F)ccc1O2. The van der Waals surface area contributed by atoms with Gasteiger partial charge in [0.15, 0.2) is 5.75 Å². The largest absolute Gasteiger partial charge is 0.497 e. The van der Waals surface area contributed by atoms with E-state index in [1.807, 2.05) is 4.90 Å². The molecule has 5 rings (SSSR count). The lowest BCUT2D eigenvalue weighted by Crippen LogP contribution is -2.37. The molecule has 0 atom stereocenters. The molecular weight excluding hydrogens is 526 g/mol. The molecule has 0 saturated carbocycles. The molecule has 2 heterocycles. The van der Waals surface area contributed by atoms with Crippen LogP contribution in [0.3, 0.4) is 0 Å². The fraction of sp³-hybridized carbons (Fsp3) is 0.269. The maximum absolute atomic E-state index is 13.7. The van der Waals surface area contributed by atoms with E-state index in [0.29, 0.717) is 35.9 Å². The Morgan fingerprint density at radius 3 is 2.47 bits per heavy atom. The highest BCUT2D eigenvalue weighted by Gasteiger charge is 2.33. The molecule has 0 unspecified atom stereocenters. The third-order valence-corrected chi connectivity index (χ3v) is 8.24. The molecule has 0 spiro atoms. The van der Waals surface area contributed by atoms with Gasteiger partial charge in [0.25, 0.3) is 0 Å². The monoisotopic (exact) mass is 549 g/mol. The predicted molar refractivity (Wildman–Crippen MR) is 132 cm³/mol. The molecule has 38 heavy (non-hydrogen) atoms. The van der Waals surface area contributed by atoms with E-state index in [4.69, 9.17) is 9.47 Å². The van der Waals surface area contributed by atoms with Gasteiger partial charge in [0.1, 0.15) is 28.8 Å². The number of benzene rings is 3. The van der Waals surface area contributed by atoms with Crippen molar-refractivity contribution < 1.29 is 35.5 Å². The first-order valence-corrected chi connectivity index (χ1v) is 13.2. The van der Waals surface area contributed by atoms with Crippen LogP contribution in [0.1, 0.15) is 17.5 Å². The van der Waals surface area contributed by atoms with Crippen molar-refractivity contribution in [1.82, 2.24) is 9.21 Å². The zero-order valence-electron chi connectivity index (χ0n) is 20.2. The summed E-state index contributed by atoms with van der Waals surface area (Å²) in [5.74, 6) is 0.702. The molecule has 1 fully saturated rings. The van der Waals surface area contributed by atoms with Crippen molar-refractivity contribution in [3.05, 3.63) is 77.6 Å². The van der Waals surface area contributed by atoms with Crippen molar-refractivity contribution in [2.75, 3.05) is 33.3 Å². The van der Waals surface area contributed by atoms with E-state index in [2.05, 4.69) is 4.99 Å². The van der Waals surface area contributed by atoms with E-state index in [1.165, 1.54) is 35.7 Å². The number of hydrogen-bond donors (Lipinski definition) is 0. The van der Waals surface area contributed by atoms with E-state index >= 15 is 0 Å². The van der Waals surface area contributed by atoms with Crippen molar-refractivity contribution >= 4 is 21.5 Å². The molecule has 3 aromatic carbocycles. The Bertz CT molecular complexity index is 1510. The normalized spacial score (nSPS) is 16.4. The molecule has 2 aliphatic rings. The average molecular weight is 550 g/mol. The predicted octanol–water partition coefficient (Wildman–Crippen LogP) is 5.43. The summed E-state index contributed by atoms with van der Waals surface area (Å²) in [6.07, 6.45) is -4.16. The third-order valence-electron chi connectivity index (χ3n) is 6.35. The van der Waals surface area contributed by atoms with Gasteiger partial charge in [-0.15, -0.1) is 0 Å². The Morgan fingerprint density at radius 2 is 1.74 bits per heavy atom. The molecule has 0 aliphatic carbocycles. The molecule has 2 aliphatic heterocycles. The van der Waals surface area contributed by atoms with Crippen LogP contribution in [0, 0.1) is 5.82 Å². The fourth-order valence-corrected chi connectivity index (χ4v) is 5.93. The summed E-state index contributed by atoms with van der Waals surface area (Å²) in [6.45, 7) is 0.809. The van der Waals surface area contributed by atoms with E-state index in [-0.39, 0.29) is 36.0 Å². The number of alkyl halides is 3. The van der Waals surface area contributed by atoms with E-state index in [0.717, 1.165) is 18.2 Å². The van der Waals surface area contributed by atoms with Crippen LogP contribution in [0.4, 0.5) is 23.2 Å². The maximum atomic E-state index is 13.7. The molecule has 0 N–H and O–H groups in total. The van der Waals surface area contributed by atoms with Crippen LogP contribution in [0.2, 0.25) is 0 Å².